The van der Waals surface area contributed by atoms with E-state index in [1.807, 2.05) is 0 Å². The summed E-state index contributed by atoms with van der Waals surface area (Å²) in [6.45, 7) is 6.56. The molecule has 0 aliphatic heterocycles. The Morgan fingerprint density at radius 3 is 2.44 bits per heavy atom. The second-order valence-corrected chi connectivity index (χ2v) is 4.71. The molecule has 0 aromatic heterocycles. The molecule has 0 saturated carbocycles. The zero-order chi connectivity index (χ0) is 13.9. The Morgan fingerprint density at radius 1 is 1.28 bits per heavy atom. The first kappa shape index (κ1) is 15.2. The van der Waals surface area contributed by atoms with Crippen LogP contribution >= 0.6 is 34.8 Å². The van der Waals surface area contributed by atoms with Gasteiger partial charge in [0, 0.05) is 12.5 Å². The summed E-state index contributed by atoms with van der Waals surface area (Å²) in [5, 5.41) is 0.678. The Labute approximate surface area is 120 Å². The van der Waals surface area contributed by atoms with Crippen molar-refractivity contribution in [3.8, 4) is 5.75 Å². The maximum Gasteiger partial charge on any atom is 0.336 e. The first-order valence-corrected chi connectivity index (χ1v) is 6.13. The van der Waals surface area contributed by atoms with Crippen molar-refractivity contribution >= 4 is 40.8 Å². The van der Waals surface area contributed by atoms with Gasteiger partial charge in [0.2, 0.25) is 6.29 Å². The fourth-order valence-electron chi connectivity index (χ4n) is 1.05. The fourth-order valence-corrected chi connectivity index (χ4v) is 1.62. The van der Waals surface area contributed by atoms with Gasteiger partial charge in [0.25, 0.3) is 0 Å². The number of hydrogen-bond acceptors (Lipinski definition) is 3. The summed E-state index contributed by atoms with van der Waals surface area (Å²) >= 11 is 17.6. The van der Waals surface area contributed by atoms with E-state index in [-0.39, 0.29) is 21.4 Å². The second-order valence-electron chi connectivity index (χ2n) is 3.54. The number of carbonyl (C=O) groups excluding carboxylic acids is 1. The van der Waals surface area contributed by atoms with E-state index in [4.69, 9.17) is 44.3 Å². The molecule has 0 bridgehead atoms. The third-order valence-electron chi connectivity index (χ3n) is 1.91. The van der Waals surface area contributed by atoms with Crippen LogP contribution in [-0.2, 0) is 9.53 Å². The number of rotatable bonds is 4. The van der Waals surface area contributed by atoms with Crippen molar-refractivity contribution in [1.29, 1.82) is 0 Å². The molecule has 0 spiro atoms. The molecule has 3 nitrogen and oxygen atoms in total. The Morgan fingerprint density at radius 2 is 1.89 bits per heavy atom. The highest BCUT2D eigenvalue weighted by Crippen LogP contribution is 2.37. The zero-order valence-corrected chi connectivity index (χ0v) is 12.1. The van der Waals surface area contributed by atoms with Gasteiger partial charge in [-0.25, -0.2) is 4.79 Å². The molecule has 0 aliphatic carbocycles. The van der Waals surface area contributed by atoms with Crippen molar-refractivity contribution in [3.63, 3.8) is 0 Å². The highest BCUT2D eigenvalue weighted by molar-refractivity contribution is 6.48. The van der Waals surface area contributed by atoms with Gasteiger partial charge in [-0.05, 0) is 19.1 Å². The molecule has 6 heteroatoms. The molecule has 1 unspecified atom stereocenters. The van der Waals surface area contributed by atoms with Gasteiger partial charge in [-0.3, -0.25) is 0 Å². The lowest BCUT2D eigenvalue weighted by Crippen LogP contribution is -2.21. The van der Waals surface area contributed by atoms with E-state index in [1.165, 1.54) is 0 Å². The Kier molecular flexibility index (Phi) is 5.32. The summed E-state index contributed by atoms with van der Waals surface area (Å²) in [7, 11) is 0. The predicted molar refractivity (Wildman–Crippen MR) is 72.5 cm³/mol. The van der Waals surface area contributed by atoms with Crippen molar-refractivity contribution in [2.75, 3.05) is 0 Å². The van der Waals surface area contributed by atoms with E-state index in [1.54, 1.807) is 26.0 Å². The highest BCUT2D eigenvalue weighted by atomic mass is 35.5. The summed E-state index contributed by atoms with van der Waals surface area (Å²) in [4.78, 5) is 11.3. The van der Waals surface area contributed by atoms with Crippen molar-refractivity contribution in [1.82, 2.24) is 0 Å². The average Bonchev–Trinajstić information content (AvgIpc) is 2.29. The van der Waals surface area contributed by atoms with Crippen LogP contribution in [0.2, 0.25) is 15.1 Å². The van der Waals surface area contributed by atoms with Crippen LogP contribution in [0, 0.1) is 0 Å². The molecule has 1 rings (SSSR count). The van der Waals surface area contributed by atoms with E-state index in [9.17, 15) is 4.79 Å². The van der Waals surface area contributed by atoms with Gasteiger partial charge < -0.3 is 9.47 Å². The van der Waals surface area contributed by atoms with E-state index in [0.29, 0.717) is 5.02 Å². The van der Waals surface area contributed by atoms with E-state index < -0.39 is 12.3 Å². The summed E-state index contributed by atoms with van der Waals surface area (Å²) in [6.07, 6.45) is -0.816. The van der Waals surface area contributed by atoms with Gasteiger partial charge in [-0.15, -0.1) is 0 Å². The van der Waals surface area contributed by atoms with Crippen LogP contribution < -0.4 is 4.74 Å². The monoisotopic (exact) mass is 308 g/mol. The lowest BCUT2D eigenvalue weighted by molar-refractivity contribution is -0.156. The molecule has 98 valence electrons. The molecule has 0 heterocycles. The third-order valence-corrected chi connectivity index (χ3v) is 3.19. The van der Waals surface area contributed by atoms with Crippen LogP contribution in [0.1, 0.15) is 13.8 Å². The van der Waals surface area contributed by atoms with Gasteiger partial charge in [0.1, 0.15) is 10.8 Å². The van der Waals surface area contributed by atoms with Gasteiger partial charge in [0.15, 0.2) is 0 Å². The van der Waals surface area contributed by atoms with Crippen molar-refractivity contribution in [3.05, 3.63) is 39.4 Å². The minimum Gasteiger partial charge on any atom is -0.453 e. The molecule has 1 aromatic rings. The first-order chi connectivity index (χ1) is 8.32. The van der Waals surface area contributed by atoms with Crippen LogP contribution in [0.15, 0.2) is 24.3 Å². The maximum atomic E-state index is 11.3. The normalized spacial score (nSPS) is 11.8. The van der Waals surface area contributed by atoms with Crippen LogP contribution in [0.5, 0.6) is 5.75 Å². The van der Waals surface area contributed by atoms with Crippen molar-refractivity contribution < 1.29 is 14.3 Å². The molecule has 18 heavy (non-hydrogen) atoms. The second kappa shape index (κ2) is 6.32. The highest BCUT2D eigenvalue weighted by Gasteiger charge is 2.15. The molecular formula is C12H11Cl3O3. The molecule has 0 saturated heterocycles. The summed E-state index contributed by atoms with van der Waals surface area (Å²) < 4.78 is 10.3. The predicted octanol–water partition coefficient (Wildman–Crippen LogP) is 4.49. The van der Waals surface area contributed by atoms with Gasteiger partial charge >= 0.3 is 5.97 Å². The van der Waals surface area contributed by atoms with Gasteiger partial charge in [0.05, 0.1) is 10.0 Å². The van der Waals surface area contributed by atoms with Crippen LogP contribution in [-0.4, -0.2) is 12.3 Å². The van der Waals surface area contributed by atoms with E-state index in [2.05, 4.69) is 6.58 Å². The zero-order valence-electron chi connectivity index (χ0n) is 9.80. The van der Waals surface area contributed by atoms with Gasteiger partial charge in [-0.2, -0.15) is 0 Å². The molecule has 0 N–H and O–H groups in total. The minimum absolute atomic E-state index is 0.169. The standard InChI is InChI=1S/C12H11Cl3O3/c1-6(2)12(16)18-7(3)17-9-5-4-8(13)10(14)11(9)15/h4-5,7H,1H2,2-3H3. The number of benzene rings is 1. The number of hydrogen-bond donors (Lipinski definition) is 0. The Bertz CT molecular complexity index is 486. The Hall–Kier alpha value is -0.900. The van der Waals surface area contributed by atoms with Crippen LogP contribution in [0.4, 0.5) is 0 Å². The molecule has 0 radical (unpaired) electrons. The van der Waals surface area contributed by atoms with E-state index in [0.717, 1.165) is 0 Å². The van der Waals surface area contributed by atoms with Gasteiger partial charge in [-0.1, -0.05) is 41.4 Å². The maximum absolute atomic E-state index is 11.3. The quantitative estimate of drug-likeness (QED) is 0.356. The molecule has 1 aromatic carbocycles. The van der Waals surface area contributed by atoms with E-state index >= 15 is 0 Å². The van der Waals surface area contributed by atoms with Crippen molar-refractivity contribution in [2.24, 2.45) is 0 Å². The number of carbonyl (C=O) groups is 1. The van der Waals surface area contributed by atoms with Crippen LogP contribution in [0.3, 0.4) is 0 Å². The largest absolute Gasteiger partial charge is 0.453 e. The SMILES string of the molecule is C=C(C)C(=O)OC(C)Oc1ccc(Cl)c(Cl)c1Cl. The average molecular weight is 310 g/mol. The van der Waals surface area contributed by atoms with Crippen molar-refractivity contribution in [2.45, 2.75) is 20.1 Å². The van der Waals surface area contributed by atoms with Crippen LogP contribution in [0.25, 0.3) is 0 Å². The lowest BCUT2D eigenvalue weighted by Gasteiger charge is -2.16. The lowest BCUT2D eigenvalue weighted by atomic mass is 10.3. The molecule has 0 aliphatic rings. The topological polar surface area (TPSA) is 35.5 Å². The molecule has 0 amide bonds. The first-order valence-electron chi connectivity index (χ1n) is 4.99. The Balaban J connectivity index is 2.77. The fraction of sp³-hybridized carbons (Fsp3) is 0.250. The number of esters is 1. The number of ether oxygens (including phenoxy) is 2. The smallest absolute Gasteiger partial charge is 0.336 e. The number of halogens is 3. The minimum atomic E-state index is -0.816. The third kappa shape index (κ3) is 3.80. The molecule has 1 atom stereocenters. The summed E-state index contributed by atoms with van der Waals surface area (Å²) in [5.74, 6) is -0.258. The molecule has 0 fully saturated rings. The summed E-state index contributed by atoms with van der Waals surface area (Å²) in [6, 6.07) is 3.08. The summed E-state index contributed by atoms with van der Waals surface area (Å²) in [5.41, 5.74) is 0.283. The molecular weight excluding hydrogens is 298 g/mol.